The van der Waals surface area contributed by atoms with Crippen molar-refractivity contribution in [1.29, 1.82) is 0 Å². The van der Waals surface area contributed by atoms with Gasteiger partial charge in [-0.2, -0.15) is 0 Å². The van der Waals surface area contributed by atoms with Crippen LogP contribution in [0.25, 0.3) is 0 Å². The van der Waals surface area contributed by atoms with Crippen LogP contribution in [0.5, 0.6) is 0 Å². The number of carbonyl (C=O) groups excluding carboxylic acids is 2. The van der Waals surface area contributed by atoms with E-state index in [4.69, 9.17) is 0 Å². The van der Waals surface area contributed by atoms with Gasteiger partial charge in [0, 0.05) is 38.5 Å². The molecule has 0 aliphatic heterocycles. The van der Waals surface area contributed by atoms with Crippen LogP contribution in [0.1, 0.15) is 57.6 Å². The highest BCUT2D eigenvalue weighted by Gasteiger charge is 2.21. The third-order valence-corrected chi connectivity index (χ3v) is 5.56. The Balaban J connectivity index is 2.05. The Labute approximate surface area is 181 Å². The van der Waals surface area contributed by atoms with Crippen LogP contribution in [0.2, 0.25) is 0 Å². The molecule has 0 N–H and O–H groups in total. The van der Waals surface area contributed by atoms with E-state index in [1.165, 1.54) is 5.56 Å². The Hall–Kier alpha value is -2.62. The van der Waals surface area contributed by atoms with Crippen molar-refractivity contribution in [3.8, 4) is 0 Å². The average Bonchev–Trinajstić information content (AvgIpc) is 2.78. The highest BCUT2D eigenvalue weighted by Crippen LogP contribution is 2.12. The van der Waals surface area contributed by atoms with Crippen molar-refractivity contribution in [3.63, 3.8) is 0 Å². The lowest BCUT2D eigenvalue weighted by atomic mass is 10.1. The van der Waals surface area contributed by atoms with Gasteiger partial charge < -0.3 is 9.80 Å². The van der Waals surface area contributed by atoms with Gasteiger partial charge in [0.2, 0.25) is 11.8 Å². The predicted octanol–water partition coefficient (Wildman–Crippen LogP) is 5.08. The Morgan fingerprint density at radius 2 is 1.40 bits per heavy atom. The molecule has 0 aromatic heterocycles. The topological polar surface area (TPSA) is 40.6 Å². The van der Waals surface area contributed by atoms with E-state index in [-0.39, 0.29) is 17.9 Å². The minimum Gasteiger partial charge on any atom is -0.339 e. The molecule has 0 saturated heterocycles. The Bertz CT molecular complexity index is 761. The molecule has 2 rings (SSSR count). The van der Waals surface area contributed by atoms with E-state index < -0.39 is 0 Å². The maximum absolute atomic E-state index is 13.2. The first-order valence-corrected chi connectivity index (χ1v) is 11.2. The van der Waals surface area contributed by atoms with Gasteiger partial charge in [-0.3, -0.25) is 9.59 Å². The quantitative estimate of drug-likeness (QED) is 0.492. The summed E-state index contributed by atoms with van der Waals surface area (Å²) in [5, 5.41) is 0. The Kier molecular flexibility index (Phi) is 10.1. The van der Waals surface area contributed by atoms with Crippen LogP contribution < -0.4 is 0 Å². The highest BCUT2D eigenvalue weighted by molar-refractivity contribution is 5.79. The summed E-state index contributed by atoms with van der Waals surface area (Å²) in [6.45, 7) is 7.92. The van der Waals surface area contributed by atoms with Crippen molar-refractivity contribution in [3.05, 3.63) is 71.8 Å². The van der Waals surface area contributed by atoms with Crippen LogP contribution >= 0.6 is 0 Å². The molecule has 0 heterocycles. The summed E-state index contributed by atoms with van der Waals surface area (Å²) in [6.07, 6.45) is 3.45. The van der Waals surface area contributed by atoms with Crippen molar-refractivity contribution in [1.82, 2.24) is 9.80 Å². The maximum atomic E-state index is 13.2. The summed E-state index contributed by atoms with van der Waals surface area (Å²) < 4.78 is 0. The number of carbonyl (C=O) groups is 2. The average molecular weight is 409 g/mol. The van der Waals surface area contributed by atoms with Crippen molar-refractivity contribution in [2.24, 2.45) is 0 Å². The zero-order valence-electron chi connectivity index (χ0n) is 18.7. The van der Waals surface area contributed by atoms with E-state index in [9.17, 15) is 9.59 Å². The standard InChI is InChI=1S/C26H36N2O2/c1-4-12-26(30)28(22(3)5-2)20-18-25(29)27(21-24-15-10-7-11-16-24)19-17-23-13-8-6-9-14-23/h6-11,13-16,22H,4-5,12,17-21H2,1-3H3. The van der Waals surface area contributed by atoms with E-state index in [2.05, 4.69) is 38.1 Å². The summed E-state index contributed by atoms with van der Waals surface area (Å²) in [5.41, 5.74) is 2.35. The number of nitrogens with zero attached hydrogens (tertiary/aromatic N) is 2. The first-order chi connectivity index (χ1) is 14.5. The molecule has 0 bridgehead atoms. The van der Waals surface area contributed by atoms with Crippen molar-refractivity contribution >= 4 is 11.8 Å². The van der Waals surface area contributed by atoms with Crippen LogP contribution in [0, 0.1) is 0 Å². The molecule has 0 spiro atoms. The van der Waals surface area contributed by atoms with E-state index >= 15 is 0 Å². The second kappa shape index (κ2) is 12.8. The summed E-state index contributed by atoms with van der Waals surface area (Å²) in [5.74, 6) is 0.255. The number of hydrogen-bond acceptors (Lipinski definition) is 2. The van der Waals surface area contributed by atoms with E-state index in [0.717, 1.165) is 24.8 Å². The van der Waals surface area contributed by atoms with E-state index in [1.54, 1.807) is 0 Å². The van der Waals surface area contributed by atoms with Crippen LogP contribution in [0.15, 0.2) is 60.7 Å². The summed E-state index contributed by atoms with van der Waals surface area (Å²) in [7, 11) is 0. The number of amides is 2. The molecule has 1 unspecified atom stereocenters. The van der Waals surface area contributed by atoms with Gasteiger partial charge in [-0.15, -0.1) is 0 Å². The molecule has 0 aliphatic rings. The molecular weight excluding hydrogens is 372 g/mol. The van der Waals surface area contributed by atoms with Crippen molar-refractivity contribution in [2.45, 2.75) is 65.5 Å². The molecular formula is C26H36N2O2. The fourth-order valence-corrected chi connectivity index (χ4v) is 3.55. The van der Waals surface area contributed by atoms with Gasteiger partial charge >= 0.3 is 0 Å². The SMILES string of the molecule is CCCC(=O)N(CCC(=O)N(CCc1ccccc1)Cc1ccccc1)C(C)CC. The first kappa shape index (κ1) is 23.7. The lowest BCUT2D eigenvalue weighted by Crippen LogP contribution is -2.41. The molecule has 0 aliphatic carbocycles. The van der Waals surface area contributed by atoms with Crippen LogP contribution in [-0.4, -0.2) is 40.7 Å². The normalized spacial score (nSPS) is 11.7. The zero-order chi connectivity index (χ0) is 21.8. The van der Waals surface area contributed by atoms with Gasteiger partial charge in [-0.25, -0.2) is 0 Å². The fraction of sp³-hybridized carbons (Fsp3) is 0.462. The Morgan fingerprint density at radius 1 is 0.800 bits per heavy atom. The minimum absolute atomic E-state index is 0.104. The van der Waals surface area contributed by atoms with Crippen molar-refractivity contribution < 1.29 is 9.59 Å². The second-order valence-corrected chi connectivity index (χ2v) is 7.88. The number of benzene rings is 2. The smallest absolute Gasteiger partial charge is 0.224 e. The summed E-state index contributed by atoms with van der Waals surface area (Å²) >= 11 is 0. The monoisotopic (exact) mass is 408 g/mol. The third-order valence-electron chi connectivity index (χ3n) is 5.56. The second-order valence-electron chi connectivity index (χ2n) is 7.88. The van der Waals surface area contributed by atoms with Gasteiger partial charge in [-0.1, -0.05) is 74.5 Å². The third kappa shape index (κ3) is 7.66. The van der Waals surface area contributed by atoms with E-state index in [1.807, 2.05) is 53.1 Å². The molecule has 2 aromatic carbocycles. The first-order valence-electron chi connectivity index (χ1n) is 11.2. The van der Waals surface area contributed by atoms with Gasteiger partial charge in [0.15, 0.2) is 0 Å². The maximum Gasteiger partial charge on any atom is 0.224 e. The van der Waals surface area contributed by atoms with Gasteiger partial charge in [0.1, 0.15) is 0 Å². The summed E-state index contributed by atoms with van der Waals surface area (Å²) in [4.78, 5) is 29.5. The van der Waals surface area contributed by atoms with Gasteiger partial charge in [0.05, 0.1) is 0 Å². The molecule has 162 valence electrons. The largest absolute Gasteiger partial charge is 0.339 e. The zero-order valence-corrected chi connectivity index (χ0v) is 18.7. The predicted molar refractivity (Wildman–Crippen MR) is 123 cm³/mol. The molecule has 30 heavy (non-hydrogen) atoms. The molecule has 0 radical (unpaired) electrons. The summed E-state index contributed by atoms with van der Waals surface area (Å²) in [6, 6.07) is 20.5. The number of rotatable bonds is 12. The minimum atomic E-state index is 0.104. The lowest BCUT2D eigenvalue weighted by Gasteiger charge is -2.30. The molecule has 4 heteroatoms. The molecule has 0 saturated carbocycles. The molecule has 2 aromatic rings. The van der Waals surface area contributed by atoms with Crippen LogP contribution in [-0.2, 0) is 22.6 Å². The van der Waals surface area contributed by atoms with Gasteiger partial charge in [-0.05, 0) is 37.3 Å². The van der Waals surface area contributed by atoms with Crippen LogP contribution in [0.3, 0.4) is 0 Å². The van der Waals surface area contributed by atoms with E-state index in [0.29, 0.717) is 32.5 Å². The number of hydrogen-bond donors (Lipinski definition) is 0. The molecule has 1 atom stereocenters. The van der Waals surface area contributed by atoms with Gasteiger partial charge in [0.25, 0.3) is 0 Å². The molecule has 4 nitrogen and oxygen atoms in total. The Morgan fingerprint density at radius 3 is 1.97 bits per heavy atom. The fourth-order valence-electron chi connectivity index (χ4n) is 3.55. The lowest BCUT2D eigenvalue weighted by molar-refractivity contribution is -0.136. The van der Waals surface area contributed by atoms with Crippen LogP contribution in [0.4, 0.5) is 0 Å². The molecule has 0 fully saturated rings. The molecule has 2 amide bonds. The highest BCUT2D eigenvalue weighted by atomic mass is 16.2. The van der Waals surface area contributed by atoms with Crippen molar-refractivity contribution in [2.75, 3.05) is 13.1 Å².